The Morgan fingerprint density at radius 2 is 1.81 bits per heavy atom. The lowest BCUT2D eigenvalue weighted by Crippen LogP contribution is -2.24. The number of hydrogen-bond donors (Lipinski definition) is 2. The van der Waals surface area contributed by atoms with Crippen molar-refractivity contribution in [3.8, 4) is 5.75 Å². The molecule has 3 nitrogen and oxygen atoms in total. The predicted molar refractivity (Wildman–Crippen MR) is 85.6 cm³/mol. The molecule has 0 spiro atoms. The molecule has 2 N–H and O–H groups in total. The summed E-state index contributed by atoms with van der Waals surface area (Å²) in [5, 5.41) is 13.6. The van der Waals surface area contributed by atoms with Crippen molar-refractivity contribution in [1.82, 2.24) is 5.32 Å². The van der Waals surface area contributed by atoms with Gasteiger partial charge in [0.15, 0.2) is 0 Å². The third-order valence-corrected chi connectivity index (χ3v) is 3.67. The summed E-state index contributed by atoms with van der Waals surface area (Å²) < 4.78 is 5.23. The van der Waals surface area contributed by atoms with Crippen LogP contribution in [0, 0.1) is 6.92 Å². The highest BCUT2D eigenvalue weighted by Crippen LogP contribution is 2.20. The first kappa shape index (κ1) is 15.5. The van der Waals surface area contributed by atoms with Crippen LogP contribution in [0.15, 0.2) is 48.5 Å². The molecule has 0 amide bonds. The van der Waals surface area contributed by atoms with Crippen molar-refractivity contribution in [2.75, 3.05) is 13.7 Å². The Hall–Kier alpha value is -1.84. The van der Waals surface area contributed by atoms with E-state index in [0.717, 1.165) is 16.9 Å². The summed E-state index contributed by atoms with van der Waals surface area (Å²) in [7, 11) is 1.67. The molecule has 21 heavy (non-hydrogen) atoms. The van der Waals surface area contributed by atoms with E-state index in [9.17, 15) is 5.11 Å². The molecular formula is C18H23NO2. The number of aliphatic hydroxyl groups excluding tert-OH is 1. The monoisotopic (exact) mass is 285 g/mol. The third-order valence-electron chi connectivity index (χ3n) is 3.67. The standard InChI is InChI=1S/C18H23NO2/c1-13-7-9-15(10-8-13)18(20)12-19-14(2)16-5-4-6-17(11-16)21-3/h4-11,14,18-20H,12H2,1-3H3/t14-,18+/m0/s1. The fourth-order valence-electron chi connectivity index (χ4n) is 2.22. The molecule has 2 aromatic carbocycles. The van der Waals surface area contributed by atoms with Crippen molar-refractivity contribution in [2.24, 2.45) is 0 Å². The maximum Gasteiger partial charge on any atom is 0.119 e. The second-order valence-corrected chi connectivity index (χ2v) is 5.33. The van der Waals surface area contributed by atoms with Crippen molar-refractivity contribution in [2.45, 2.75) is 26.0 Å². The van der Waals surface area contributed by atoms with Crippen molar-refractivity contribution in [1.29, 1.82) is 0 Å². The van der Waals surface area contributed by atoms with E-state index in [1.54, 1.807) is 7.11 Å². The van der Waals surface area contributed by atoms with Crippen LogP contribution in [0.1, 0.15) is 35.8 Å². The van der Waals surface area contributed by atoms with Gasteiger partial charge in [-0.15, -0.1) is 0 Å². The molecule has 0 aliphatic carbocycles. The van der Waals surface area contributed by atoms with Gasteiger partial charge in [0, 0.05) is 12.6 Å². The number of ether oxygens (including phenoxy) is 1. The molecule has 2 aromatic rings. The molecule has 0 aliphatic heterocycles. The molecule has 3 heteroatoms. The molecule has 0 radical (unpaired) electrons. The average molecular weight is 285 g/mol. The van der Waals surface area contributed by atoms with Crippen LogP contribution in [0.4, 0.5) is 0 Å². The molecule has 0 unspecified atom stereocenters. The number of nitrogens with one attached hydrogen (secondary N) is 1. The number of benzene rings is 2. The van der Waals surface area contributed by atoms with Crippen LogP contribution in [0.3, 0.4) is 0 Å². The van der Waals surface area contributed by atoms with Gasteiger partial charge in [-0.05, 0) is 37.1 Å². The third kappa shape index (κ3) is 4.31. The summed E-state index contributed by atoms with van der Waals surface area (Å²) in [5.74, 6) is 0.847. The molecular weight excluding hydrogens is 262 g/mol. The quantitative estimate of drug-likeness (QED) is 0.855. The van der Waals surface area contributed by atoms with Gasteiger partial charge >= 0.3 is 0 Å². The zero-order valence-corrected chi connectivity index (χ0v) is 12.8. The molecule has 0 heterocycles. The molecule has 0 saturated heterocycles. The Balaban J connectivity index is 1.93. The highest BCUT2D eigenvalue weighted by Gasteiger charge is 2.11. The summed E-state index contributed by atoms with van der Waals surface area (Å²) in [4.78, 5) is 0. The van der Waals surface area contributed by atoms with Gasteiger partial charge in [-0.2, -0.15) is 0 Å². The van der Waals surface area contributed by atoms with Crippen LogP contribution in [0.25, 0.3) is 0 Å². The number of hydrogen-bond acceptors (Lipinski definition) is 3. The van der Waals surface area contributed by atoms with Crippen LogP contribution in [0.2, 0.25) is 0 Å². The smallest absolute Gasteiger partial charge is 0.119 e. The van der Waals surface area contributed by atoms with Crippen molar-refractivity contribution >= 4 is 0 Å². The number of aliphatic hydroxyl groups is 1. The van der Waals surface area contributed by atoms with Crippen LogP contribution >= 0.6 is 0 Å². The van der Waals surface area contributed by atoms with Gasteiger partial charge in [-0.1, -0.05) is 42.0 Å². The van der Waals surface area contributed by atoms with E-state index in [0.29, 0.717) is 6.54 Å². The lowest BCUT2D eigenvalue weighted by molar-refractivity contribution is 0.171. The second-order valence-electron chi connectivity index (χ2n) is 5.33. The molecule has 0 bridgehead atoms. The van der Waals surface area contributed by atoms with Gasteiger partial charge in [-0.3, -0.25) is 0 Å². The van der Waals surface area contributed by atoms with E-state index < -0.39 is 6.10 Å². The minimum Gasteiger partial charge on any atom is -0.497 e. The van der Waals surface area contributed by atoms with E-state index in [-0.39, 0.29) is 6.04 Å². The van der Waals surface area contributed by atoms with E-state index in [2.05, 4.69) is 18.3 Å². The molecule has 2 atom stereocenters. The van der Waals surface area contributed by atoms with Gasteiger partial charge in [0.05, 0.1) is 13.2 Å². The maximum atomic E-state index is 10.2. The summed E-state index contributed by atoms with van der Waals surface area (Å²) in [6.07, 6.45) is -0.501. The van der Waals surface area contributed by atoms with Crippen molar-refractivity contribution in [3.63, 3.8) is 0 Å². The Morgan fingerprint density at radius 3 is 2.48 bits per heavy atom. The summed E-state index contributed by atoms with van der Waals surface area (Å²) in [5.41, 5.74) is 3.28. The molecule has 0 aliphatic rings. The normalized spacial score (nSPS) is 13.7. The van der Waals surface area contributed by atoms with Crippen molar-refractivity contribution < 1.29 is 9.84 Å². The van der Waals surface area contributed by atoms with Crippen LogP contribution in [0.5, 0.6) is 5.75 Å². The summed E-state index contributed by atoms with van der Waals surface area (Å²) in [6.45, 7) is 4.64. The summed E-state index contributed by atoms with van der Waals surface area (Å²) in [6, 6.07) is 16.1. The molecule has 112 valence electrons. The van der Waals surface area contributed by atoms with Gasteiger partial charge in [0.2, 0.25) is 0 Å². The first-order valence-corrected chi connectivity index (χ1v) is 7.22. The zero-order valence-electron chi connectivity index (χ0n) is 12.8. The van der Waals surface area contributed by atoms with Crippen LogP contribution < -0.4 is 10.1 Å². The first-order chi connectivity index (χ1) is 10.1. The highest BCUT2D eigenvalue weighted by molar-refractivity contribution is 5.30. The molecule has 2 rings (SSSR count). The Kier molecular flexibility index (Phi) is 5.37. The number of rotatable bonds is 6. The summed E-state index contributed by atoms with van der Waals surface area (Å²) >= 11 is 0. The molecule has 0 aromatic heterocycles. The first-order valence-electron chi connectivity index (χ1n) is 7.22. The van der Waals surface area contributed by atoms with Gasteiger partial charge in [0.25, 0.3) is 0 Å². The Labute approximate surface area is 126 Å². The van der Waals surface area contributed by atoms with E-state index >= 15 is 0 Å². The largest absolute Gasteiger partial charge is 0.497 e. The van der Waals surface area contributed by atoms with Crippen molar-refractivity contribution in [3.05, 3.63) is 65.2 Å². The SMILES string of the molecule is COc1cccc([C@H](C)NC[C@@H](O)c2ccc(C)cc2)c1. The van der Waals surface area contributed by atoms with Gasteiger partial charge in [0.1, 0.15) is 5.75 Å². The molecule has 0 saturated carbocycles. The topological polar surface area (TPSA) is 41.5 Å². The van der Waals surface area contributed by atoms with E-state index in [1.165, 1.54) is 5.56 Å². The zero-order chi connectivity index (χ0) is 15.2. The fourth-order valence-corrected chi connectivity index (χ4v) is 2.22. The molecule has 0 fully saturated rings. The fraction of sp³-hybridized carbons (Fsp3) is 0.333. The highest BCUT2D eigenvalue weighted by atomic mass is 16.5. The number of aryl methyl sites for hydroxylation is 1. The Bertz CT molecular complexity index is 566. The van der Waals surface area contributed by atoms with Crippen LogP contribution in [-0.4, -0.2) is 18.8 Å². The van der Waals surface area contributed by atoms with Crippen LogP contribution in [-0.2, 0) is 0 Å². The van der Waals surface area contributed by atoms with Gasteiger partial charge < -0.3 is 15.2 Å². The maximum absolute atomic E-state index is 10.2. The minimum atomic E-state index is -0.501. The number of methoxy groups -OCH3 is 1. The predicted octanol–water partition coefficient (Wildman–Crippen LogP) is 3.39. The van der Waals surface area contributed by atoms with E-state index in [4.69, 9.17) is 4.74 Å². The Morgan fingerprint density at radius 1 is 1.10 bits per heavy atom. The lowest BCUT2D eigenvalue weighted by atomic mass is 10.1. The second kappa shape index (κ2) is 7.25. The van der Waals surface area contributed by atoms with E-state index in [1.807, 2.05) is 49.4 Å². The average Bonchev–Trinajstić information content (AvgIpc) is 2.53. The lowest BCUT2D eigenvalue weighted by Gasteiger charge is -2.18. The van der Waals surface area contributed by atoms with Gasteiger partial charge in [-0.25, -0.2) is 0 Å². The minimum absolute atomic E-state index is 0.153.